The standard InChI is InChI=1S/C19H20ClN3O4/c1-26-16-11-14(17(27-2)10-13(16)20)22-18(24)15-9-12(5-6-21-15)19(25)23-7-3-4-8-23/h5-6,9-11H,3-4,7-8H2,1-2H3,(H,22,24). The topological polar surface area (TPSA) is 80.8 Å². The van der Waals surface area contributed by atoms with Gasteiger partial charge in [0.25, 0.3) is 11.8 Å². The number of aromatic nitrogens is 1. The summed E-state index contributed by atoms with van der Waals surface area (Å²) in [5.74, 6) is 0.237. The molecule has 1 aliphatic heterocycles. The van der Waals surface area contributed by atoms with E-state index in [1.807, 2.05) is 0 Å². The fourth-order valence-electron chi connectivity index (χ4n) is 2.94. The van der Waals surface area contributed by atoms with E-state index in [-0.39, 0.29) is 11.6 Å². The summed E-state index contributed by atoms with van der Waals surface area (Å²) >= 11 is 6.08. The summed E-state index contributed by atoms with van der Waals surface area (Å²) in [7, 11) is 2.95. The van der Waals surface area contributed by atoms with E-state index < -0.39 is 5.91 Å². The third-order valence-corrected chi connectivity index (χ3v) is 4.65. The van der Waals surface area contributed by atoms with Crippen molar-refractivity contribution < 1.29 is 19.1 Å². The maximum absolute atomic E-state index is 12.6. The Morgan fingerprint density at radius 2 is 1.81 bits per heavy atom. The van der Waals surface area contributed by atoms with E-state index in [9.17, 15) is 9.59 Å². The number of benzene rings is 1. The van der Waals surface area contributed by atoms with Crippen LogP contribution in [0.5, 0.6) is 11.5 Å². The van der Waals surface area contributed by atoms with Gasteiger partial charge in [0, 0.05) is 37.0 Å². The maximum Gasteiger partial charge on any atom is 0.274 e. The number of halogens is 1. The summed E-state index contributed by atoms with van der Waals surface area (Å²) < 4.78 is 10.4. The van der Waals surface area contributed by atoms with Gasteiger partial charge < -0.3 is 19.7 Å². The van der Waals surface area contributed by atoms with E-state index >= 15 is 0 Å². The molecule has 0 radical (unpaired) electrons. The predicted molar refractivity (Wildman–Crippen MR) is 102 cm³/mol. The number of carbonyl (C=O) groups excluding carboxylic acids is 2. The maximum atomic E-state index is 12.6. The van der Waals surface area contributed by atoms with Gasteiger partial charge in [-0.05, 0) is 25.0 Å². The number of nitrogens with one attached hydrogen (secondary N) is 1. The first-order chi connectivity index (χ1) is 13.0. The lowest BCUT2D eigenvalue weighted by Gasteiger charge is -2.16. The van der Waals surface area contributed by atoms with Crippen LogP contribution in [0.15, 0.2) is 30.5 Å². The predicted octanol–water partition coefficient (Wildman–Crippen LogP) is 3.24. The first-order valence-electron chi connectivity index (χ1n) is 8.51. The van der Waals surface area contributed by atoms with Crippen molar-refractivity contribution in [1.82, 2.24) is 9.88 Å². The van der Waals surface area contributed by atoms with Gasteiger partial charge in [-0.3, -0.25) is 14.6 Å². The number of ether oxygens (including phenoxy) is 2. The van der Waals surface area contributed by atoms with Gasteiger partial charge in [0.15, 0.2) is 0 Å². The van der Waals surface area contributed by atoms with Crippen LogP contribution in [-0.4, -0.2) is 49.0 Å². The molecule has 142 valence electrons. The van der Waals surface area contributed by atoms with Gasteiger partial charge in [0.05, 0.1) is 24.9 Å². The van der Waals surface area contributed by atoms with Crippen molar-refractivity contribution in [2.75, 3.05) is 32.6 Å². The minimum Gasteiger partial charge on any atom is -0.495 e. The molecule has 2 aromatic rings. The SMILES string of the molecule is COc1cc(NC(=O)c2cc(C(=O)N3CCCC3)ccn2)c(OC)cc1Cl. The molecule has 0 unspecified atom stereocenters. The highest BCUT2D eigenvalue weighted by atomic mass is 35.5. The lowest BCUT2D eigenvalue weighted by Crippen LogP contribution is -2.28. The van der Waals surface area contributed by atoms with Crippen molar-refractivity contribution >= 4 is 29.1 Å². The molecule has 1 N–H and O–H groups in total. The van der Waals surface area contributed by atoms with Gasteiger partial charge in [-0.1, -0.05) is 11.6 Å². The monoisotopic (exact) mass is 389 g/mol. The van der Waals surface area contributed by atoms with Gasteiger partial charge in [-0.15, -0.1) is 0 Å². The zero-order valence-corrected chi connectivity index (χ0v) is 15.9. The van der Waals surface area contributed by atoms with Crippen molar-refractivity contribution in [1.29, 1.82) is 0 Å². The lowest BCUT2D eigenvalue weighted by molar-refractivity contribution is 0.0792. The lowest BCUT2D eigenvalue weighted by atomic mass is 10.2. The molecule has 1 saturated heterocycles. The fourth-order valence-corrected chi connectivity index (χ4v) is 3.17. The molecular formula is C19H20ClN3O4. The second-order valence-electron chi connectivity index (χ2n) is 6.07. The molecule has 7 nitrogen and oxygen atoms in total. The molecule has 0 saturated carbocycles. The van der Waals surface area contributed by atoms with Gasteiger partial charge >= 0.3 is 0 Å². The number of methoxy groups -OCH3 is 2. The van der Waals surface area contributed by atoms with Crippen LogP contribution in [0.2, 0.25) is 5.02 Å². The molecule has 27 heavy (non-hydrogen) atoms. The minimum absolute atomic E-state index is 0.0882. The Morgan fingerprint density at radius 1 is 1.11 bits per heavy atom. The smallest absolute Gasteiger partial charge is 0.274 e. The van der Waals surface area contributed by atoms with Crippen LogP contribution in [-0.2, 0) is 0 Å². The molecule has 2 heterocycles. The molecule has 1 aliphatic rings. The Hall–Kier alpha value is -2.80. The molecule has 0 atom stereocenters. The van der Waals surface area contributed by atoms with Crippen LogP contribution in [0.25, 0.3) is 0 Å². The molecule has 0 aliphatic carbocycles. The van der Waals surface area contributed by atoms with Crippen molar-refractivity contribution in [3.8, 4) is 11.5 Å². The van der Waals surface area contributed by atoms with E-state index in [1.54, 1.807) is 23.1 Å². The zero-order valence-electron chi connectivity index (χ0n) is 15.1. The highest BCUT2D eigenvalue weighted by molar-refractivity contribution is 6.32. The number of amides is 2. The fraction of sp³-hybridized carbons (Fsp3) is 0.316. The molecule has 0 bridgehead atoms. The first kappa shape index (κ1) is 19.0. The Kier molecular flexibility index (Phi) is 5.81. The number of carbonyl (C=O) groups is 2. The van der Waals surface area contributed by atoms with Gasteiger partial charge in [0.2, 0.25) is 0 Å². The number of nitrogens with zero attached hydrogens (tertiary/aromatic N) is 2. The van der Waals surface area contributed by atoms with Crippen LogP contribution < -0.4 is 14.8 Å². The molecular weight excluding hydrogens is 370 g/mol. The number of anilines is 1. The van der Waals surface area contributed by atoms with Crippen molar-refractivity contribution in [3.05, 3.63) is 46.7 Å². The van der Waals surface area contributed by atoms with Crippen LogP contribution in [0.1, 0.15) is 33.7 Å². The van der Waals surface area contributed by atoms with Crippen LogP contribution in [0, 0.1) is 0 Å². The number of hydrogen-bond donors (Lipinski definition) is 1. The van der Waals surface area contributed by atoms with Crippen molar-refractivity contribution in [2.45, 2.75) is 12.8 Å². The van der Waals surface area contributed by atoms with E-state index in [0.717, 1.165) is 25.9 Å². The second kappa shape index (κ2) is 8.26. The number of rotatable bonds is 5. The van der Waals surface area contributed by atoms with Crippen LogP contribution in [0.3, 0.4) is 0 Å². The Balaban J connectivity index is 1.82. The molecule has 0 spiro atoms. The molecule has 1 aromatic carbocycles. The molecule has 2 amide bonds. The van der Waals surface area contributed by atoms with E-state index in [0.29, 0.717) is 27.8 Å². The largest absolute Gasteiger partial charge is 0.495 e. The number of hydrogen-bond acceptors (Lipinski definition) is 5. The molecule has 8 heteroatoms. The summed E-state index contributed by atoms with van der Waals surface area (Å²) in [6.07, 6.45) is 3.46. The highest BCUT2D eigenvalue weighted by Crippen LogP contribution is 2.36. The zero-order chi connectivity index (χ0) is 19.4. The Morgan fingerprint density at radius 3 is 2.48 bits per heavy atom. The van der Waals surface area contributed by atoms with Gasteiger partial charge in [0.1, 0.15) is 17.2 Å². The van der Waals surface area contributed by atoms with E-state index in [4.69, 9.17) is 21.1 Å². The number of likely N-dealkylation sites (tertiary alicyclic amines) is 1. The van der Waals surface area contributed by atoms with Crippen molar-refractivity contribution in [2.24, 2.45) is 0 Å². The molecule has 1 aromatic heterocycles. The van der Waals surface area contributed by atoms with E-state index in [1.165, 1.54) is 26.5 Å². The molecule has 1 fully saturated rings. The summed E-state index contributed by atoms with van der Waals surface area (Å²) in [5.41, 5.74) is 0.968. The Labute approximate surface area is 162 Å². The number of pyridine rings is 1. The summed E-state index contributed by atoms with van der Waals surface area (Å²) in [6, 6.07) is 6.23. The van der Waals surface area contributed by atoms with Crippen LogP contribution >= 0.6 is 11.6 Å². The van der Waals surface area contributed by atoms with Crippen molar-refractivity contribution in [3.63, 3.8) is 0 Å². The molecule has 3 rings (SSSR count). The van der Waals surface area contributed by atoms with Gasteiger partial charge in [-0.2, -0.15) is 0 Å². The van der Waals surface area contributed by atoms with Gasteiger partial charge in [-0.25, -0.2) is 0 Å². The summed E-state index contributed by atoms with van der Waals surface area (Å²) in [6.45, 7) is 1.48. The highest BCUT2D eigenvalue weighted by Gasteiger charge is 2.21. The average Bonchev–Trinajstić information content (AvgIpc) is 3.23. The third kappa shape index (κ3) is 4.14. The normalized spacial score (nSPS) is 13.4. The van der Waals surface area contributed by atoms with Crippen LogP contribution in [0.4, 0.5) is 5.69 Å². The Bertz CT molecular complexity index is 866. The quantitative estimate of drug-likeness (QED) is 0.849. The average molecular weight is 390 g/mol. The summed E-state index contributed by atoms with van der Waals surface area (Å²) in [5, 5.41) is 3.09. The van der Waals surface area contributed by atoms with E-state index in [2.05, 4.69) is 10.3 Å². The summed E-state index contributed by atoms with van der Waals surface area (Å²) in [4.78, 5) is 31.0. The first-order valence-corrected chi connectivity index (χ1v) is 8.89. The third-order valence-electron chi connectivity index (χ3n) is 4.35. The second-order valence-corrected chi connectivity index (χ2v) is 6.48. The minimum atomic E-state index is -0.464.